The fourth-order valence-electron chi connectivity index (χ4n) is 2.03. The maximum Gasteiger partial charge on any atom is 0.236 e. The van der Waals surface area contributed by atoms with Gasteiger partial charge in [0.25, 0.3) is 0 Å². The van der Waals surface area contributed by atoms with Crippen molar-refractivity contribution in [2.45, 2.75) is 5.75 Å². The summed E-state index contributed by atoms with van der Waals surface area (Å²) in [5.41, 5.74) is 3.14. The van der Waals surface area contributed by atoms with E-state index in [0.29, 0.717) is 5.75 Å². The number of nitrogens with zero attached hydrogens (tertiary/aromatic N) is 2. The molecule has 0 fully saturated rings. The molecule has 0 radical (unpaired) electrons. The molecule has 3 aromatic rings. The number of para-hydroxylation sites is 1. The first-order valence-electron chi connectivity index (χ1n) is 7.10. The van der Waals surface area contributed by atoms with Crippen molar-refractivity contribution in [3.63, 3.8) is 0 Å². The third kappa shape index (κ3) is 4.22. The van der Waals surface area contributed by atoms with E-state index in [1.165, 1.54) is 5.56 Å². The van der Waals surface area contributed by atoms with Crippen LogP contribution < -0.4 is 4.90 Å². The van der Waals surface area contributed by atoms with E-state index >= 15 is 0 Å². The Kier molecular flexibility index (Phi) is 5.48. The number of anilines is 1. The summed E-state index contributed by atoms with van der Waals surface area (Å²) in [6, 6.07) is 11.8. The lowest BCUT2D eigenvalue weighted by Crippen LogP contribution is -2.27. The van der Waals surface area contributed by atoms with E-state index in [1.807, 2.05) is 37.4 Å². The molecule has 1 aromatic carbocycles. The van der Waals surface area contributed by atoms with Gasteiger partial charge in [-0.2, -0.15) is 11.3 Å². The van der Waals surface area contributed by atoms with Gasteiger partial charge in [0.2, 0.25) is 5.91 Å². The number of thioether (sulfide) groups is 1. The summed E-state index contributed by atoms with van der Waals surface area (Å²) in [7, 11) is 1.82. The Labute approximate surface area is 148 Å². The molecule has 3 nitrogen and oxygen atoms in total. The van der Waals surface area contributed by atoms with Crippen molar-refractivity contribution in [2.75, 3.05) is 17.7 Å². The van der Waals surface area contributed by atoms with Crippen molar-refractivity contribution in [3.05, 3.63) is 58.2 Å². The normalized spacial score (nSPS) is 10.7. The lowest BCUT2D eigenvalue weighted by atomic mass is 10.3. The number of hydrogen-bond donors (Lipinski definition) is 0. The largest absolute Gasteiger partial charge is 0.315 e. The Morgan fingerprint density at radius 1 is 1.22 bits per heavy atom. The SMILES string of the molecule is CN(C(=O)CSCc1csc(-c2ccsc2)n1)c1ccccc1. The lowest BCUT2D eigenvalue weighted by Gasteiger charge is -2.16. The Morgan fingerprint density at radius 2 is 2.04 bits per heavy atom. The molecule has 1 amide bonds. The summed E-state index contributed by atoms with van der Waals surface area (Å²) >= 11 is 4.94. The fraction of sp³-hybridized carbons (Fsp3) is 0.176. The van der Waals surface area contributed by atoms with Crippen molar-refractivity contribution in [3.8, 4) is 10.6 Å². The summed E-state index contributed by atoms with van der Waals surface area (Å²) in [6.07, 6.45) is 0. The minimum absolute atomic E-state index is 0.106. The van der Waals surface area contributed by atoms with Gasteiger partial charge in [-0.05, 0) is 23.6 Å². The average molecular weight is 361 g/mol. The summed E-state index contributed by atoms with van der Waals surface area (Å²) < 4.78 is 0. The maximum absolute atomic E-state index is 12.2. The molecule has 0 saturated carbocycles. The van der Waals surface area contributed by atoms with Crippen LogP contribution >= 0.6 is 34.4 Å². The molecule has 0 N–H and O–H groups in total. The van der Waals surface area contributed by atoms with Crippen LogP contribution in [0.1, 0.15) is 5.69 Å². The van der Waals surface area contributed by atoms with Crippen LogP contribution in [-0.4, -0.2) is 23.7 Å². The van der Waals surface area contributed by atoms with Crippen molar-refractivity contribution in [1.82, 2.24) is 4.98 Å². The quantitative estimate of drug-likeness (QED) is 0.635. The zero-order valence-corrected chi connectivity index (χ0v) is 15.1. The smallest absolute Gasteiger partial charge is 0.236 e. The predicted octanol–water partition coefficient (Wildman–Crippen LogP) is 4.77. The van der Waals surface area contributed by atoms with Gasteiger partial charge in [0.15, 0.2) is 0 Å². The molecular weight excluding hydrogens is 344 g/mol. The molecule has 0 saturated heterocycles. The summed E-state index contributed by atoms with van der Waals surface area (Å²) in [5, 5.41) is 7.29. The topological polar surface area (TPSA) is 33.2 Å². The Bertz CT molecular complexity index is 753. The third-order valence-electron chi connectivity index (χ3n) is 3.31. The summed E-state index contributed by atoms with van der Waals surface area (Å²) in [5.74, 6) is 1.32. The van der Waals surface area contributed by atoms with Crippen LogP contribution in [0.25, 0.3) is 10.6 Å². The highest BCUT2D eigenvalue weighted by Gasteiger charge is 2.11. The van der Waals surface area contributed by atoms with Gasteiger partial charge in [-0.25, -0.2) is 4.98 Å². The van der Waals surface area contributed by atoms with Crippen molar-refractivity contribution in [1.29, 1.82) is 0 Å². The van der Waals surface area contributed by atoms with Gasteiger partial charge in [0, 0.05) is 34.8 Å². The van der Waals surface area contributed by atoms with Crippen LogP contribution in [0, 0.1) is 0 Å². The molecule has 3 rings (SSSR count). The molecule has 0 aliphatic heterocycles. The fourth-order valence-corrected chi connectivity index (χ4v) is 4.49. The van der Waals surface area contributed by atoms with E-state index in [2.05, 4.69) is 27.2 Å². The van der Waals surface area contributed by atoms with Gasteiger partial charge in [-0.15, -0.1) is 23.1 Å². The molecule has 118 valence electrons. The van der Waals surface area contributed by atoms with E-state index in [9.17, 15) is 4.79 Å². The predicted molar refractivity (Wildman–Crippen MR) is 101 cm³/mol. The Hall–Kier alpha value is -1.63. The van der Waals surface area contributed by atoms with E-state index in [0.717, 1.165) is 22.1 Å². The molecule has 0 aliphatic rings. The van der Waals surface area contributed by atoms with Gasteiger partial charge in [-0.1, -0.05) is 18.2 Å². The molecule has 6 heteroatoms. The molecule has 2 heterocycles. The number of benzene rings is 1. The molecular formula is C17H16N2OS3. The molecule has 0 spiro atoms. The lowest BCUT2D eigenvalue weighted by molar-refractivity contribution is -0.115. The minimum Gasteiger partial charge on any atom is -0.315 e. The third-order valence-corrected chi connectivity index (χ3v) is 5.89. The number of rotatable bonds is 6. The number of aromatic nitrogens is 1. The van der Waals surface area contributed by atoms with E-state index < -0.39 is 0 Å². The first-order chi connectivity index (χ1) is 11.2. The molecule has 0 atom stereocenters. The molecule has 23 heavy (non-hydrogen) atoms. The number of hydrogen-bond acceptors (Lipinski definition) is 5. The van der Waals surface area contributed by atoms with Crippen LogP contribution in [0.2, 0.25) is 0 Å². The number of carbonyl (C=O) groups excluding carboxylic acids is 1. The molecule has 0 bridgehead atoms. The van der Waals surface area contributed by atoms with Gasteiger partial charge >= 0.3 is 0 Å². The van der Waals surface area contributed by atoms with Crippen LogP contribution in [0.4, 0.5) is 5.69 Å². The standard InChI is InChI=1S/C17H16N2OS3/c1-19(15-5-3-2-4-6-15)16(20)12-22-10-14-11-23-17(18-14)13-7-8-21-9-13/h2-9,11H,10,12H2,1H3. The van der Waals surface area contributed by atoms with Crippen LogP contribution in [0.15, 0.2) is 52.5 Å². The van der Waals surface area contributed by atoms with Crippen molar-refractivity contribution in [2.24, 2.45) is 0 Å². The highest BCUT2D eigenvalue weighted by molar-refractivity contribution is 7.99. The highest BCUT2D eigenvalue weighted by Crippen LogP contribution is 2.27. The van der Waals surface area contributed by atoms with Gasteiger partial charge < -0.3 is 4.90 Å². The van der Waals surface area contributed by atoms with E-state index in [4.69, 9.17) is 0 Å². The second kappa shape index (κ2) is 7.77. The summed E-state index contributed by atoms with van der Waals surface area (Å²) in [6.45, 7) is 0. The second-order valence-electron chi connectivity index (χ2n) is 4.94. The number of thiazole rings is 1. The zero-order chi connectivity index (χ0) is 16.1. The molecule has 0 aliphatic carbocycles. The van der Waals surface area contributed by atoms with Crippen molar-refractivity contribution >= 4 is 46.0 Å². The van der Waals surface area contributed by atoms with Gasteiger partial charge in [0.05, 0.1) is 11.4 Å². The summed E-state index contributed by atoms with van der Waals surface area (Å²) in [4.78, 5) is 18.5. The van der Waals surface area contributed by atoms with E-state index in [1.54, 1.807) is 39.3 Å². The maximum atomic E-state index is 12.2. The van der Waals surface area contributed by atoms with Crippen LogP contribution in [-0.2, 0) is 10.5 Å². The van der Waals surface area contributed by atoms with Gasteiger partial charge in [0.1, 0.15) is 5.01 Å². The second-order valence-corrected chi connectivity index (χ2v) is 7.56. The van der Waals surface area contributed by atoms with Gasteiger partial charge in [-0.3, -0.25) is 4.79 Å². The zero-order valence-electron chi connectivity index (χ0n) is 12.6. The first kappa shape index (κ1) is 16.2. The van der Waals surface area contributed by atoms with Crippen LogP contribution in [0.3, 0.4) is 0 Å². The highest BCUT2D eigenvalue weighted by atomic mass is 32.2. The number of amides is 1. The number of thiophene rings is 1. The molecule has 0 unspecified atom stereocenters. The van der Waals surface area contributed by atoms with E-state index in [-0.39, 0.29) is 5.91 Å². The van der Waals surface area contributed by atoms with Crippen LogP contribution in [0.5, 0.6) is 0 Å². The first-order valence-corrected chi connectivity index (χ1v) is 10.1. The van der Waals surface area contributed by atoms with Crippen molar-refractivity contribution < 1.29 is 4.79 Å². The monoisotopic (exact) mass is 360 g/mol. The Balaban J connectivity index is 1.50. The average Bonchev–Trinajstić information content (AvgIpc) is 3.26. The Morgan fingerprint density at radius 3 is 2.78 bits per heavy atom. The number of carbonyl (C=O) groups is 1. The molecule has 2 aromatic heterocycles. The minimum atomic E-state index is 0.106.